The van der Waals surface area contributed by atoms with E-state index in [0.717, 1.165) is 38.5 Å². The third kappa shape index (κ3) is 3.93. The number of carboxylic acid groups (broad SMARTS) is 1. The van der Waals surface area contributed by atoms with E-state index < -0.39 is 16.0 Å². The number of nitrogens with one attached hydrogen (secondary N) is 1. The maximum Gasteiger partial charge on any atom is 0.317 e. The minimum atomic E-state index is -3.15. The molecule has 116 valence electrons. The number of nitrogens with zero attached hydrogens (tertiary/aromatic N) is 1. The Morgan fingerprint density at radius 2 is 1.90 bits per heavy atom. The van der Waals surface area contributed by atoms with Crippen LogP contribution >= 0.6 is 0 Å². The van der Waals surface area contributed by atoms with Gasteiger partial charge in [-0.25, -0.2) is 12.7 Å². The summed E-state index contributed by atoms with van der Waals surface area (Å²) in [5.74, 6) is -0.657. The van der Waals surface area contributed by atoms with Crippen molar-refractivity contribution in [2.24, 2.45) is 5.92 Å². The van der Waals surface area contributed by atoms with E-state index in [1.54, 1.807) is 4.31 Å². The first-order chi connectivity index (χ1) is 9.50. The van der Waals surface area contributed by atoms with Crippen molar-refractivity contribution < 1.29 is 18.3 Å². The summed E-state index contributed by atoms with van der Waals surface area (Å²) in [4.78, 5) is 10.5. The monoisotopic (exact) mass is 304 g/mol. The average molecular weight is 304 g/mol. The maximum absolute atomic E-state index is 12.5. The summed E-state index contributed by atoms with van der Waals surface area (Å²) in [6.45, 7) is 1.66. The van der Waals surface area contributed by atoms with Crippen LogP contribution in [-0.2, 0) is 14.8 Å². The highest BCUT2D eigenvalue weighted by atomic mass is 32.2. The van der Waals surface area contributed by atoms with Crippen molar-refractivity contribution in [1.29, 1.82) is 0 Å². The van der Waals surface area contributed by atoms with Crippen LogP contribution in [0, 0.1) is 5.92 Å². The number of aliphatic carboxylic acids is 1. The van der Waals surface area contributed by atoms with E-state index >= 15 is 0 Å². The van der Waals surface area contributed by atoms with Gasteiger partial charge >= 0.3 is 5.97 Å². The highest BCUT2D eigenvalue weighted by Crippen LogP contribution is 2.29. The molecular weight excluding hydrogens is 280 g/mol. The zero-order valence-electron chi connectivity index (χ0n) is 11.8. The molecule has 1 saturated carbocycles. The van der Waals surface area contributed by atoms with Crippen LogP contribution in [-0.4, -0.2) is 55.2 Å². The van der Waals surface area contributed by atoms with Crippen LogP contribution in [0.25, 0.3) is 0 Å². The molecule has 1 aliphatic carbocycles. The average Bonchev–Trinajstić information content (AvgIpc) is 2.93. The fraction of sp³-hybridized carbons (Fsp3) is 0.923. The van der Waals surface area contributed by atoms with Gasteiger partial charge in [0.1, 0.15) is 0 Å². The van der Waals surface area contributed by atoms with Gasteiger partial charge in [-0.15, -0.1) is 0 Å². The van der Waals surface area contributed by atoms with Crippen LogP contribution in [0.2, 0.25) is 0 Å². The third-order valence-electron chi connectivity index (χ3n) is 4.27. The number of carbonyl (C=O) groups is 1. The zero-order valence-corrected chi connectivity index (χ0v) is 12.6. The Labute approximate surface area is 120 Å². The lowest BCUT2D eigenvalue weighted by molar-refractivity contribution is -0.136. The molecule has 2 fully saturated rings. The Morgan fingerprint density at radius 3 is 2.55 bits per heavy atom. The first-order valence-corrected chi connectivity index (χ1v) is 8.92. The summed E-state index contributed by atoms with van der Waals surface area (Å²) in [7, 11) is -3.15. The number of hydrogen-bond acceptors (Lipinski definition) is 4. The number of hydrogen-bond donors (Lipinski definition) is 2. The van der Waals surface area contributed by atoms with E-state index in [1.165, 1.54) is 0 Å². The van der Waals surface area contributed by atoms with E-state index in [1.807, 2.05) is 0 Å². The van der Waals surface area contributed by atoms with Gasteiger partial charge in [0.2, 0.25) is 10.0 Å². The van der Waals surface area contributed by atoms with Gasteiger partial charge in [-0.2, -0.15) is 0 Å². The quantitative estimate of drug-likeness (QED) is 0.752. The van der Waals surface area contributed by atoms with Gasteiger partial charge in [-0.3, -0.25) is 4.79 Å². The van der Waals surface area contributed by atoms with Gasteiger partial charge in [0.05, 0.1) is 11.8 Å². The second-order valence-corrected chi connectivity index (χ2v) is 8.06. The second kappa shape index (κ2) is 6.87. The predicted octanol–water partition coefficient (Wildman–Crippen LogP) is 0.645. The molecule has 20 heavy (non-hydrogen) atoms. The molecule has 0 radical (unpaired) electrons. The lowest BCUT2D eigenvalue weighted by Gasteiger charge is -2.33. The Kier molecular flexibility index (Phi) is 5.40. The van der Waals surface area contributed by atoms with Crippen molar-refractivity contribution in [2.75, 3.05) is 26.2 Å². The Morgan fingerprint density at radius 1 is 1.20 bits per heavy atom. The maximum atomic E-state index is 12.5. The lowest BCUT2D eigenvalue weighted by atomic mass is 10.00. The van der Waals surface area contributed by atoms with Crippen molar-refractivity contribution in [3.05, 3.63) is 0 Å². The van der Waals surface area contributed by atoms with Crippen LogP contribution in [0.4, 0.5) is 0 Å². The van der Waals surface area contributed by atoms with Crippen molar-refractivity contribution >= 4 is 16.0 Å². The van der Waals surface area contributed by atoms with Crippen LogP contribution in [0.15, 0.2) is 0 Å². The van der Waals surface area contributed by atoms with E-state index in [2.05, 4.69) is 5.32 Å². The third-order valence-corrected chi connectivity index (χ3v) is 6.64. The number of sulfonamides is 1. The van der Waals surface area contributed by atoms with Crippen molar-refractivity contribution in [2.45, 2.75) is 43.8 Å². The van der Waals surface area contributed by atoms with E-state index in [0.29, 0.717) is 19.6 Å². The zero-order chi connectivity index (χ0) is 14.6. The minimum absolute atomic E-state index is 0.0636. The van der Waals surface area contributed by atoms with Crippen molar-refractivity contribution in [3.63, 3.8) is 0 Å². The molecule has 1 saturated heterocycles. The number of rotatable bonds is 6. The normalized spacial score (nSPS) is 25.9. The Hall–Kier alpha value is -0.660. The minimum Gasteiger partial charge on any atom is -0.480 e. The second-order valence-electron chi connectivity index (χ2n) is 5.84. The highest BCUT2D eigenvalue weighted by molar-refractivity contribution is 7.89. The summed E-state index contributed by atoms with van der Waals surface area (Å²) in [5, 5.41) is 11.3. The van der Waals surface area contributed by atoms with Gasteiger partial charge in [-0.1, -0.05) is 12.8 Å². The standard InChI is InChI=1S/C13H24N2O4S/c16-13(17)9-14-8-11-4-3-7-15(10-11)20(18,19)12-5-1-2-6-12/h11-12,14H,1-10H2,(H,16,17). The SMILES string of the molecule is O=C(O)CNCC1CCCN(S(=O)(=O)C2CCCC2)C1. The first kappa shape index (κ1) is 15.7. The predicted molar refractivity (Wildman–Crippen MR) is 76.0 cm³/mol. The Bertz CT molecular complexity index is 432. The molecule has 0 aromatic heterocycles. The molecule has 1 atom stereocenters. The molecule has 0 spiro atoms. The van der Waals surface area contributed by atoms with E-state index in [-0.39, 0.29) is 17.7 Å². The highest BCUT2D eigenvalue weighted by Gasteiger charge is 2.36. The smallest absolute Gasteiger partial charge is 0.317 e. The lowest BCUT2D eigenvalue weighted by Crippen LogP contribution is -2.46. The summed E-state index contributed by atoms with van der Waals surface area (Å²) in [6.07, 6.45) is 5.44. The van der Waals surface area contributed by atoms with E-state index in [9.17, 15) is 13.2 Å². The van der Waals surface area contributed by atoms with Crippen molar-refractivity contribution in [1.82, 2.24) is 9.62 Å². The molecular formula is C13H24N2O4S. The summed E-state index contributed by atoms with van der Waals surface area (Å²) < 4.78 is 26.7. The van der Waals surface area contributed by atoms with Gasteiger partial charge in [0, 0.05) is 13.1 Å². The molecule has 0 bridgehead atoms. The molecule has 2 N–H and O–H groups in total. The first-order valence-electron chi connectivity index (χ1n) is 7.41. The fourth-order valence-corrected chi connectivity index (χ4v) is 5.36. The van der Waals surface area contributed by atoms with Gasteiger partial charge in [0.25, 0.3) is 0 Å². The summed E-state index contributed by atoms with van der Waals surface area (Å²) in [5.41, 5.74) is 0. The summed E-state index contributed by atoms with van der Waals surface area (Å²) >= 11 is 0. The number of piperidine rings is 1. The molecule has 2 aliphatic rings. The fourth-order valence-electron chi connectivity index (χ4n) is 3.20. The van der Waals surface area contributed by atoms with Crippen molar-refractivity contribution in [3.8, 4) is 0 Å². The van der Waals surface area contributed by atoms with Crippen LogP contribution in [0.3, 0.4) is 0 Å². The molecule has 1 aliphatic heterocycles. The summed E-state index contributed by atoms with van der Waals surface area (Å²) in [6, 6.07) is 0. The Balaban J connectivity index is 1.87. The molecule has 1 unspecified atom stereocenters. The van der Waals surface area contributed by atoms with Crippen LogP contribution < -0.4 is 5.32 Å². The van der Waals surface area contributed by atoms with Gasteiger partial charge in [0.15, 0.2) is 0 Å². The molecule has 0 aromatic rings. The molecule has 7 heteroatoms. The molecule has 6 nitrogen and oxygen atoms in total. The topological polar surface area (TPSA) is 86.7 Å². The van der Waals surface area contributed by atoms with Crippen LogP contribution in [0.1, 0.15) is 38.5 Å². The van der Waals surface area contributed by atoms with Crippen LogP contribution in [0.5, 0.6) is 0 Å². The van der Waals surface area contributed by atoms with Gasteiger partial charge in [-0.05, 0) is 38.1 Å². The van der Waals surface area contributed by atoms with Gasteiger partial charge < -0.3 is 10.4 Å². The van der Waals surface area contributed by atoms with E-state index in [4.69, 9.17) is 5.11 Å². The molecule has 0 amide bonds. The number of carboxylic acids is 1. The molecule has 0 aromatic carbocycles. The largest absolute Gasteiger partial charge is 0.480 e. The molecule has 2 rings (SSSR count). The molecule has 1 heterocycles.